The van der Waals surface area contributed by atoms with Crippen LogP contribution in [0.15, 0.2) is 12.1 Å². The van der Waals surface area contributed by atoms with Gasteiger partial charge < -0.3 is 14.2 Å². The Morgan fingerprint density at radius 2 is 2.12 bits per heavy atom. The third-order valence-electron chi connectivity index (χ3n) is 2.53. The minimum absolute atomic E-state index is 0.150. The third kappa shape index (κ3) is 2.64. The van der Waals surface area contributed by atoms with E-state index in [1.165, 1.54) is 6.92 Å². The number of halogens is 1. The number of benzene rings is 1. The maximum absolute atomic E-state index is 10.7. The predicted octanol–water partition coefficient (Wildman–Crippen LogP) is 2.57. The van der Waals surface area contributed by atoms with Crippen LogP contribution in [0.2, 0.25) is 0 Å². The Balaban J connectivity index is 2.17. The summed E-state index contributed by atoms with van der Waals surface area (Å²) in [4.78, 5) is 10.7. The fourth-order valence-electron chi connectivity index (χ4n) is 1.68. The van der Waals surface area contributed by atoms with Crippen molar-refractivity contribution in [2.75, 3.05) is 13.4 Å². The highest BCUT2D eigenvalue weighted by Crippen LogP contribution is 2.38. The molecule has 5 heteroatoms. The summed E-state index contributed by atoms with van der Waals surface area (Å²) in [6, 6.07) is 3.71. The molecule has 1 unspecified atom stereocenters. The number of hydrogen-bond acceptors (Lipinski definition) is 4. The van der Waals surface area contributed by atoms with Crippen molar-refractivity contribution in [1.29, 1.82) is 0 Å². The smallest absolute Gasteiger partial charge is 0.302 e. The Morgan fingerprint density at radius 3 is 2.76 bits per heavy atom. The number of ether oxygens (including phenoxy) is 3. The molecule has 2 rings (SSSR count). The Labute approximate surface area is 104 Å². The van der Waals surface area contributed by atoms with Gasteiger partial charge in [0, 0.05) is 6.92 Å². The van der Waals surface area contributed by atoms with Crippen LogP contribution in [-0.2, 0) is 9.53 Å². The van der Waals surface area contributed by atoms with Gasteiger partial charge in [0.1, 0.15) is 6.61 Å². The van der Waals surface area contributed by atoms with Gasteiger partial charge in [-0.15, -0.1) is 11.6 Å². The van der Waals surface area contributed by atoms with Crippen molar-refractivity contribution in [2.24, 2.45) is 0 Å². The fraction of sp³-hybridized carbons (Fsp3) is 0.417. The molecular formula is C12H13ClO4. The average Bonchev–Trinajstić information content (AvgIpc) is 2.71. The SMILES string of the molecule is CC(=O)OCC(Cl)c1cc2c(cc1C)OCO2. The van der Waals surface area contributed by atoms with Crippen molar-refractivity contribution < 1.29 is 19.0 Å². The van der Waals surface area contributed by atoms with Crippen molar-refractivity contribution in [2.45, 2.75) is 19.2 Å². The second kappa shape index (κ2) is 4.84. The van der Waals surface area contributed by atoms with E-state index in [2.05, 4.69) is 0 Å². The number of fused-ring (bicyclic) bond motifs is 1. The minimum atomic E-state index is -0.381. The quantitative estimate of drug-likeness (QED) is 0.616. The molecule has 17 heavy (non-hydrogen) atoms. The molecule has 4 nitrogen and oxygen atoms in total. The van der Waals surface area contributed by atoms with Gasteiger partial charge in [0.05, 0.1) is 5.38 Å². The van der Waals surface area contributed by atoms with E-state index < -0.39 is 0 Å². The van der Waals surface area contributed by atoms with Crippen LogP contribution in [0.1, 0.15) is 23.4 Å². The first-order valence-electron chi connectivity index (χ1n) is 5.25. The molecule has 1 aliphatic rings. The second-order valence-corrected chi connectivity index (χ2v) is 4.36. The third-order valence-corrected chi connectivity index (χ3v) is 2.89. The van der Waals surface area contributed by atoms with Gasteiger partial charge in [0.2, 0.25) is 6.79 Å². The molecule has 0 aliphatic carbocycles. The van der Waals surface area contributed by atoms with Gasteiger partial charge in [-0.05, 0) is 30.2 Å². The van der Waals surface area contributed by atoms with Gasteiger partial charge in [0.25, 0.3) is 0 Å². The lowest BCUT2D eigenvalue weighted by molar-refractivity contribution is -0.140. The number of hydrogen-bond donors (Lipinski definition) is 0. The maximum atomic E-state index is 10.7. The lowest BCUT2D eigenvalue weighted by atomic mass is 10.0. The second-order valence-electron chi connectivity index (χ2n) is 3.83. The van der Waals surface area contributed by atoms with Gasteiger partial charge in [-0.2, -0.15) is 0 Å². The topological polar surface area (TPSA) is 44.8 Å². The Hall–Kier alpha value is -1.42. The number of aryl methyl sites for hydroxylation is 1. The highest BCUT2D eigenvalue weighted by molar-refractivity contribution is 6.21. The van der Waals surface area contributed by atoms with Crippen LogP contribution in [0.4, 0.5) is 0 Å². The largest absolute Gasteiger partial charge is 0.464 e. The van der Waals surface area contributed by atoms with Crippen LogP contribution in [-0.4, -0.2) is 19.4 Å². The molecule has 1 aromatic rings. The number of alkyl halides is 1. The number of rotatable bonds is 3. The predicted molar refractivity (Wildman–Crippen MR) is 62.5 cm³/mol. The molecule has 0 aromatic heterocycles. The van der Waals surface area contributed by atoms with E-state index in [4.69, 9.17) is 25.8 Å². The van der Waals surface area contributed by atoms with Crippen LogP contribution in [0.5, 0.6) is 11.5 Å². The van der Waals surface area contributed by atoms with Gasteiger partial charge in [0.15, 0.2) is 11.5 Å². The molecule has 1 heterocycles. The van der Waals surface area contributed by atoms with E-state index in [-0.39, 0.29) is 24.7 Å². The molecule has 0 radical (unpaired) electrons. The van der Waals surface area contributed by atoms with Crippen molar-refractivity contribution in [3.63, 3.8) is 0 Å². The van der Waals surface area contributed by atoms with Crippen molar-refractivity contribution in [3.8, 4) is 11.5 Å². The molecule has 0 fully saturated rings. The molecule has 1 atom stereocenters. The molecule has 0 saturated carbocycles. The van der Waals surface area contributed by atoms with E-state index in [9.17, 15) is 4.79 Å². The lowest BCUT2D eigenvalue weighted by Crippen LogP contribution is -2.07. The van der Waals surface area contributed by atoms with Gasteiger partial charge in [-0.1, -0.05) is 0 Å². The lowest BCUT2D eigenvalue weighted by Gasteiger charge is -2.13. The molecule has 0 bridgehead atoms. The number of carbonyl (C=O) groups excluding carboxylic acids is 1. The summed E-state index contributed by atoms with van der Waals surface area (Å²) in [7, 11) is 0. The minimum Gasteiger partial charge on any atom is -0.464 e. The number of carbonyl (C=O) groups is 1. The first-order chi connectivity index (χ1) is 8.08. The Bertz CT molecular complexity index is 444. The molecule has 1 aliphatic heterocycles. The Kier molecular flexibility index (Phi) is 3.43. The van der Waals surface area contributed by atoms with Crippen LogP contribution >= 0.6 is 11.6 Å². The fourth-order valence-corrected chi connectivity index (χ4v) is 1.98. The molecule has 0 spiro atoms. The van der Waals surface area contributed by atoms with Gasteiger partial charge in [-0.3, -0.25) is 4.79 Å². The summed E-state index contributed by atoms with van der Waals surface area (Å²) >= 11 is 6.18. The van der Waals surface area contributed by atoms with Crippen LogP contribution in [0.3, 0.4) is 0 Å². The molecule has 0 amide bonds. The summed E-state index contributed by atoms with van der Waals surface area (Å²) in [6.45, 7) is 3.67. The molecule has 0 saturated heterocycles. The maximum Gasteiger partial charge on any atom is 0.302 e. The highest BCUT2D eigenvalue weighted by atomic mass is 35.5. The summed E-state index contributed by atoms with van der Waals surface area (Å²) in [5.74, 6) is 1.07. The average molecular weight is 257 g/mol. The summed E-state index contributed by atoms with van der Waals surface area (Å²) in [5, 5.41) is -0.381. The van der Waals surface area contributed by atoms with Crippen LogP contribution in [0, 0.1) is 6.92 Å². The molecular weight excluding hydrogens is 244 g/mol. The van der Waals surface area contributed by atoms with Crippen molar-refractivity contribution >= 4 is 17.6 Å². The standard InChI is InChI=1S/C12H13ClO4/c1-7-3-11-12(17-6-16-11)4-9(7)10(13)5-15-8(2)14/h3-4,10H,5-6H2,1-2H3. The van der Waals surface area contributed by atoms with E-state index in [0.717, 1.165) is 16.9 Å². The normalized spacial score (nSPS) is 14.5. The summed E-state index contributed by atoms with van der Waals surface area (Å²) < 4.78 is 15.4. The highest BCUT2D eigenvalue weighted by Gasteiger charge is 2.20. The molecule has 92 valence electrons. The van der Waals surface area contributed by atoms with Crippen LogP contribution < -0.4 is 9.47 Å². The van der Waals surface area contributed by atoms with Crippen molar-refractivity contribution in [3.05, 3.63) is 23.3 Å². The van der Waals surface area contributed by atoms with Gasteiger partial charge in [-0.25, -0.2) is 0 Å². The van der Waals surface area contributed by atoms with E-state index in [1.807, 2.05) is 19.1 Å². The molecule has 0 N–H and O–H groups in total. The Morgan fingerprint density at radius 1 is 1.47 bits per heavy atom. The first kappa shape index (κ1) is 12.0. The monoisotopic (exact) mass is 256 g/mol. The zero-order chi connectivity index (χ0) is 12.4. The first-order valence-corrected chi connectivity index (χ1v) is 5.69. The summed E-state index contributed by atoms with van der Waals surface area (Å²) in [5.41, 5.74) is 1.87. The van der Waals surface area contributed by atoms with E-state index >= 15 is 0 Å². The van der Waals surface area contributed by atoms with E-state index in [1.54, 1.807) is 0 Å². The van der Waals surface area contributed by atoms with Crippen molar-refractivity contribution in [1.82, 2.24) is 0 Å². The number of esters is 1. The zero-order valence-corrected chi connectivity index (χ0v) is 10.4. The van der Waals surface area contributed by atoms with Gasteiger partial charge >= 0.3 is 5.97 Å². The molecule has 1 aromatic carbocycles. The van der Waals surface area contributed by atoms with E-state index in [0.29, 0.717) is 5.75 Å². The van der Waals surface area contributed by atoms with Crippen LogP contribution in [0.25, 0.3) is 0 Å². The zero-order valence-electron chi connectivity index (χ0n) is 9.66. The summed E-state index contributed by atoms with van der Waals surface area (Å²) in [6.07, 6.45) is 0.